The Morgan fingerprint density at radius 3 is 2.71 bits per heavy atom. The molecule has 1 aromatic carbocycles. The average molecular weight is 364 g/mol. The van der Waals surface area contributed by atoms with Gasteiger partial charge in [0.2, 0.25) is 0 Å². The van der Waals surface area contributed by atoms with Crippen LogP contribution in [0.1, 0.15) is 27.4 Å². The number of halogens is 2. The normalized spacial score (nSPS) is 10.8. The quantitative estimate of drug-likeness (QED) is 0.730. The molecule has 3 aromatic rings. The first-order valence-electron chi connectivity index (χ1n) is 7.28. The molecule has 124 valence electrons. The number of carbonyl (C=O) groups is 1. The number of nitrogens with one attached hydrogen (secondary N) is 1. The standard InChI is InChI=1S/C17H15Cl2N3O2/c1-10-7-14(11(2)24-10)17(23)20-16-5-6-22(21-16)9-12-3-4-13(18)8-15(12)19/h3-8H,9H2,1-2H3,(H,20,21,23). The van der Waals surface area contributed by atoms with Crippen molar-refractivity contribution in [1.29, 1.82) is 0 Å². The summed E-state index contributed by atoms with van der Waals surface area (Å²) in [7, 11) is 0. The number of aryl methyl sites for hydroxylation is 2. The smallest absolute Gasteiger partial charge is 0.260 e. The molecule has 1 amide bonds. The third-order valence-corrected chi connectivity index (χ3v) is 4.10. The van der Waals surface area contributed by atoms with Crippen molar-refractivity contribution in [3.63, 3.8) is 0 Å². The molecule has 0 bridgehead atoms. The zero-order valence-electron chi connectivity index (χ0n) is 13.1. The molecule has 2 heterocycles. The molecule has 0 radical (unpaired) electrons. The van der Waals surface area contributed by atoms with Gasteiger partial charge in [0.15, 0.2) is 5.82 Å². The van der Waals surface area contributed by atoms with E-state index in [1.165, 1.54) is 0 Å². The van der Waals surface area contributed by atoms with E-state index in [0.717, 1.165) is 5.56 Å². The maximum atomic E-state index is 12.3. The van der Waals surface area contributed by atoms with Gasteiger partial charge in [0.25, 0.3) is 5.91 Å². The highest BCUT2D eigenvalue weighted by Crippen LogP contribution is 2.22. The second-order valence-corrected chi connectivity index (χ2v) is 6.26. The van der Waals surface area contributed by atoms with E-state index in [4.69, 9.17) is 27.6 Å². The molecule has 24 heavy (non-hydrogen) atoms. The zero-order chi connectivity index (χ0) is 17.3. The van der Waals surface area contributed by atoms with Crippen LogP contribution < -0.4 is 5.32 Å². The minimum absolute atomic E-state index is 0.251. The van der Waals surface area contributed by atoms with Gasteiger partial charge in [-0.1, -0.05) is 29.3 Å². The minimum atomic E-state index is -0.251. The van der Waals surface area contributed by atoms with Crippen LogP contribution in [0.5, 0.6) is 0 Å². The van der Waals surface area contributed by atoms with Crippen LogP contribution in [0.2, 0.25) is 10.0 Å². The summed E-state index contributed by atoms with van der Waals surface area (Å²) in [5.41, 5.74) is 1.39. The number of aromatic nitrogens is 2. The molecular formula is C17H15Cl2N3O2. The SMILES string of the molecule is Cc1cc(C(=O)Nc2ccn(Cc3ccc(Cl)cc3Cl)n2)c(C)o1. The van der Waals surface area contributed by atoms with Gasteiger partial charge >= 0.3 is 0 Å². The minimum Gasteiger partial charge on any atom is -0.466 e. The Labute approximate surface area is 149 Å². The molecule has 7 heteroatoms. The van der Waals surface area contributed by atoms with E-state index in [9.17, 15) is 4.79 Å². The summed E-state index contributed by atoms with van der Waals surface area (Å²) in [6, 6.07) is 8.75. The molecule has 2 aromatic heterocycles. The van der Waals surface area contributed by atoms with Gasteiger partial charge in [-0.3, -0.25) is 9.48 Å². The maximum Gasteiger partial charge on any atom is 0.260 e. The Morgan fingerprint density at radius 1 is 1.25 bits per heavy atom. The first-order chi connectivity index (χ1) is 11.4. The van der Waals surface area contributed by atoms with Gasteiger partial charge in [-0.05, 0) is 37.6 Å². The molecule has 5 nitrogen and oxygen atoms in total. The molecule has 0 fully saturated rings. The summed E-state index contributed by atoms with van der Waals surface area (Å²) in [5.74, 6) is 1.49. The highest BCUT2D eigenvalue weighted by molar-refractivity contribution is 6.35. The number of benzene rings is 1. The molecule has 0 saturated heterocycles. The van der Waals surface area contributed by atoms with Gasteiger partial charge in [-0.15, -0.1) is 0 Å². The fourth-order valence-electron chi connectivity index (χ4n) is 2.38. The van der Waals surface area contributed by atoms with Gasteiger partial charge in [0.05, 0.1) is 12.1 Å². The van der Waals surface area contributed by atoms with E-state index in [1.54, 1.807) is 49.0 Å². The summed E-state index contributed by atoms with van der Waals surface area (Å²) in [6.45, 7) is 4.03. The van der Waals surface area contributed by atoms with E-state index in [-0.39, 0.29) is 5.91 Å². The van der Waals surface area contributed by atoms with Crippen molar-refractivity contribution < 1.29 is 9.21 Å². The summed E-state index contributed by atoms with van der Waals surface area (Å²) >= 11 is 12.1. The Morgan fingerprint density at radius 2 is 2.04 bits per heavy atom. The molecule has 0 unspecified atom stereocenters. The van der Waals surface area contributed by atoms with Crippen LogP contribution in [0.25, 0.3) is 0 Å². The van der Waals surface area contributed by atoms with Gasteiger partial charge in [0.1, 0.15) is 11.5 Å². The molecule has 0 aliphatic rings. The summed E-state index contributed by atoms with van der Waals surface area (Å²) in [5, 5.41) is 8.25. The second-order valence-electron chi connectivity index (χ2n) is 5.42. The van der Waals surface area contributed by atoms with Gasteiger partial charge < -0.3 is 9.73 Å². The van der Waals surface area contributed by atoms with Crippen molar-refractivity contribution in [1.82, 2.24) is 9.78 Å². The number of hydrogen-bond acceptors (Lipinski definition) is 3. The lowest BCUT2D eigenvalue weighted by molar-refractivity contribution is 0.102. The number of anilines is 1. The van der Waals surface area contributed by atoms with Crippen LogP contribution in [-0.4, -0.2) is 15.7 Å². The van der Waals surface area contributed by atoms with Crippen LogP contribution in [0.4, 0.5) is 5.82 Å². The highest BCUT2D eigenvalue weighted by atomic mass is 35.5. The molecule has 0 atom stereocenters. The number of rotatable bonds is 4. The molecule has 0 aliphatic heterocycles. The third-order valence-electron chi connectivity index (χ3n) is 3.52. The highest BCUT2D eigenvalue weighted by Gasteiger charge is 2.14. The lowest BCUT2D eigenvalue weighted by Gasteiger charge is -2.05. The topological polar surface area (TPSA) is 60.1 Å². The van der Waals surface area contributed by atoms with Crippen LogP contribution in [0, 0.1) is 13.8 Å². The zero-order valence-corrected chi connectivity index (χ0v) is 14.6. The predicted octanol–water partition coefficient (Wildman–Crippen LogP) is 4.70. The maximum absolute atomic E-state index is 12.3. The lowest BCUT2D eigenvalue weighted by atomic mass is 10.2. The van der Waals surface area contributed by atoms with E-state index in [0.29, 0.717) is 39.5 Å². The fraction of sp³-hybridized carbons (Fsp3) is 0.176. The van der Waals surface area contributed by atoms with Gasteiger partial charge in [0, 0.05) is 22.3 Å². The third kappa shape index (κ3) is 3.63. The summed E-state index contributed by atoms with van der Waals surface area (Å²) < 4.78 is 7.06. The van der Waals surface area contributed by atoms with Crippen LogP contribution in [0.15, 0.2) is 40.9 Å². The monoisotopic (exact) mass is 363 g/mol. The van der Waals surface area contributed by atoms with Crippen molar-refractivity contribution in [3.8, 4) is 0 Å². The van der Waals surface area contributed by atoms with Crippen molar-refractivity contribution >= 4 is 34.9 Å². The Bertz CT molecular complexity index is 899. The van der Waals surface area contributed by atoms with Crippen LogP contribution in [-0.2, 0) is 6.54 Å². The molecule has 0 aliphatic carbocycles. The summed E-state index contributed by atoms with van der Waals surface area (Å²) in [6.07, 6.45) is 1.77. The fourth-order valence-corrected chi connectivity index (χ4v) is 2.85. The first kappa shape index (κ1) is 16.6. The molecular weight excluding hydrogens is 349 g/mol. The number of furan rings is 1. The number of nitrogens with zero attached hydrogens (tertiary/aromatic N) is 2. The number of hydrogen-bond donors (Lipinski definition) is 1. The Kier molecular flexibility index (Phi) is 4.64. The largest absolute Gasteiger partial charge is 0.466 e. The predicted molar refractivity (Wildman–Crippen MR) is 93.9 cm³/mol. The van der Waals surface area contributed by atoms with Crippen molar-refractivity contribution in [2.24, 2.45) is 0 Å². The molecule has 3 rings (SSSR count). The Hall–Kier alpha value is -2.24. The van der Waals surface area contributed by atoms with Crippen LogP contribution >= 0.6 is 23.2 Å². The number of carbonyl (C=O) groups excluding carboxylic acids is 1. The van der Waals surface area contributed by atoms with Gasteiger partial charge in [-0.25, -0.2) is 0 Å². The number of amides is 1. The van der Waals surface area contributed by atoms with E-state index in [1.807, 2.05) is 6.07 Å². The molecule has 1 N–H and O–H groups in total. The van der Waals surface area contributed by atoms with E-state index >= 15 is 0 Å². The van der Waals surface area contributed by atoms with E-state index in [2.05, 4.69) is 10.4 Å². The first-order valence-corrected chi connectivity index (χ1v) is 8.04. The Balaban J connectivity index is 1.71. The van der Waals surface area contributed by atoms with Crippen LogP contribution in [0.3, 0.4) is 0 Å². The summed E-state index contributed by atoms with van der Waals surface area (Å²) in [4.78, 5) is 12.3. The molecule has 0 saturated carbocycles. The van der Waals surface area contributed by atoms with Crippen molar-refractivity contribution in [2.75, 3.05) is 5.32 Å². The van der Waals surface area contributed by atoms with Crippen molar-refractivity contribution in [2.45, 2.75) is 20.4 Å². The lowest BCUT2D eigenvalue weighted by Crippen LogP contribution is -2.13. The molecule has 0 spiro atoms. The van der Waals surface area contributed by atoms with Gasteiger partial charge in [-0.2, -0.15) is 5.10 Å². The second kappa shape index (κ2) is 6.71. The average Bonchev–Trinajstić information content (AvgIpc) is 3.08. The van der Waals surface area contributed by atoms with E-state index < -0.39 is 0 Å². The van der Waals surface area contributed by atoms with Crippen molar-refractivity contribution in [3.05, 3.63) is 69.2 Å².